The van der Waals surface area contributed by atoms with Crippen LogP contribution < -0.4 is 0 Å². The summed E-state index contributed by atoms with van der Waals surface area (Å²) in [4.78, 5) is 8.47. The Bertz CT molecular complexity index is 486. The van der Waals surface area contributed by atoms with Crippen molar-refractivity contribution >= 4 is 17.6 Å². The van der Waals surface area contributed by atoms with Gasteiger partial charge < -0.3 is 9.80 Å². The van der Waals surface area contributed by atoms with E-state index in [2.05, 4.69) is 4.99 Å². The molecule has 0 saturated heterocycles. The molecule has 3 nitrogen and oxygen atoms in total. The highest BCUT2D eigenvalue weighted by atomic mass is 35.5. The standard InChI is InChI=1S/C15H23ClFN3/c1-15(2,10-18-14(19(3)4)20(5)6)11-8-7-9-12(16)13(11)17/h7-9H,10H2,1-6H3. The van der Waals surface area contributed by atoms with E-state index in [-0.39, 0.29) is 10.8 Å². The van der Waals surface area contributed by atoms with Crippen molar-refractivity contribution in [3.63, 3.8) is 0 Å². The summed E-state index contributed by atoms with van der Waals surface area (Å²) in [6.45, 7) is 4.42. The van der Waals surface area contributed by atoms with Crippen molar-refractivity contribution in [2.45, 2.75) is 19.3 Å². The maximum Gasteiger partial charge on any atom is 0.195 e. The van der Waals surface area contributed by atoms with Crippen LogP contribution in [0, 0.1) is 5.82 Å². The quantitative estimate of drug-likeness (QED) is 0.630. The number of halogens is 2. The second kappa shape index (κ2) is 6.44. The number of nitrogens with zero attached hydrogens (tertiary/aromatic N) is 3. The summed E-state index contributed by atoms with van der Waals surface area (Å²) < 4.78 is 14.1. The van der Waals surface area contributed by atoms with Crippen molar-refractivity contribution in [3.8, 4) is 0 Å². The first-order chi connectivity index (χ1) is 9.16. The van der Waals surface area contributed by atoms with Gasteiger partial charge in [0.15, 0.2) is 5.96 Å². The van der Waals surface area contributed by atoms with E-state index >= 15 is 0 Å². The van der Waals surface area contributed by atoms with Crippen molar-refractivity contribution in [3.05, 3.63) is 34.6 Å². The lowest BCUT2D eigenvalue weighted by molar-refractivity contribution is 0.456. The molecule has 20 heavy (non-hydrogen) atoms. The van der Waals surface area contributed by atoms with E-state index in [1.807, 2.05) is 51.8 Å². The Balaban J connectivity index is 3.06. The summed E-state index contributed by atoms with van der Waals surface area (Å²) in [6, 6.07) is 5.09. The Morgan fingerprint density at radius 1 is 1.20 bits per heavy atom. The molecule has 0 aliphatic heterocycles. The van der Waals surface area contributed by atoms with E-state index in [0.717, 1.165) is 5.96 Å². The van der Waals surface area contributed by atoms with E-state index in [1.54, 1.807) is 18.2 Å². The molecule has 0 unspecified atom stereocenters. The van der Waals surface area contributed by atoms with Crippen LogP contribution in [0.5, 0.6) is 0 Å². The Morgan fingerprint density at radius 2 is 1.75 bits per heavy atom. The summed E-state index contributed by atoms with van der Waals surface area (Å²) in [5.41, 5.74) is 0.164. The van der Waals surface area contributed by atoms with Gasteiger partial charge in [0.2, 0.25) is 0 Å². The molecule has 0 bridgehead atoms. The van der Waals surface area contributed by atoms with E-state index in [1.165, 1.54) is 0 Å². The third-order valence-corrected chi connectivity index (χ3v) is 3.39. The summed E-state index contributed by atoms with van der Waals surface area (Å²) >= 11 is 5.86. The van der Waals surface area contributed by atoms with Gasteiger partial charge in [0.1, 0.15) is 5.82 Å². The van der Waals surface area contributed by atoms with Crippen molar-refractivity contribution in [1.29, 1.82) is 0 Å². The SMILES string of the molecule is CN(C)C(=NCC(C)(C)c1cccc(Cl)c1F)N(C)C. The molecule has 0 atom stereocenters. The smallest absolute Gasteiger partial charge is 0.195 e. The van der Waals surface area contributed by atoms with Crippen LogP contribution in [0.25, 0.3) is 0 Å². The third kappa shape index (κ3) is 3.85. The number of aliphatic imine (C=N–C) groups is 1. The van der Waals surface area contributed by atoms with Gasteiger partial charge in [-0.3, -0.25) is 4.99 Å². The van der Waals surface area contributed by atoms with Crippen LogP contribution in [0.3, 0.4) is 0 Å². The normalized spacial score (nSPS) is 11.2. The van der Waals surface area contributed by atoms with Gasteiger partial charge in [-0.25, -0.2) is 4.39 Å². The van der Waals surface area contributed by atoms with E-state index in [9.17, 15) is 4.39 Å². The minimum Gasteiger partial charge on any atom is -0.349 e. The average Bonchev–Trinajstić information content (AvgIpc) is 2.31. The molecule has 5 heteroatoms. The molecule has 0 fully saturated rings. The van der Waals surface area contributed by atoms with Gasteiger partial charge in [-0.15, -0.1) is 0 Å². The molecular weight excluding hydrogens is 277 g/mol. The molecule has 1 rings (SSSR count). The lowest BCUT2D eigenvalue weighted by atomic mass is 9.84. The lowest BCUT2D eigenvalue weighted by Gasteiger charge is -2.27. The Morgan fingerprint density at radius 3 is 2.25 bits per heavy atom. The number of rotatable bonds is 3. The first-order valence-electron chi connectivity index (χ1n) is 6.50. The number of hydrogen-bond donors (Lipinski definition) is 0. The maximum atomic E-state index is 14.1. The zero-order valence-electron chi connectivity index (χ0n) is 13.0. The highest BCUT2D eigenvalue weighted by Crippen LogP contribution is 2.29. The molecule has 1 aromatic carbocycles. The molecule has 0 heterocycles. The van der Waals surface area contributed by atoms with Crippen LogP contribution in [-0.2, 0) is 5.41 Å². The summed E-state index contributed by atoms with van der Waals surface area (Å²) in [5, 5.41) is 0.153. The second-order valence-electron chi connectivity index (χ2n) is 5.89. The number of hydrogen-bond acceptors (Lipinski definition) is 1. The molecule has 0 amide bonds. The molecule has 0 aromatic heterocycles. The topological polar surface area (TPSA) is 18.8 Å². The second-order valence-corrected chi connectivity index (χ2v) is 6.30. The minimum absolute atomic E-state index is 0.153. The summed E-state index contributed by atoms with van der Waals surface area (Å²) in [6.07, 6.45) is 0. The van der Waals surface area contributed by atoms with Crippen LogP contribution in [0.4, 0.5) is 4.39 Å². The van der Waals surface area contributed by atoms with Crippen molar-refractivity contribution in [2.75, 3.05) is 34.7 Å². The summed E-state index contributed by atoms with van der Waals surface area (Å²) in [5.74, 6) is 0.492. The molecule has 0 N–H and O–H groups in total. The van der Waals surface area contributed by atoms with Gasteiger partial charge in [-0.1, -0.05) is 37.6 Å². The molecule has 0 saturated carbocycles. The molecule has 0 spiro atoms. The molecule has 112 valence electrons. The van der Waals surface area contributed by atoms with E-state index in [4.69, 9.17) is 11.6 Å². The lowest BCUT2D eigenvalue weighted by Crippen LogP contribution is -2.37. The third-order valence-electron chi connectivity index (χ3n) is 3.10. The average molecular weight is 300 g/mol. The van der Waals surface area contributed by atoms with Crippen molar-refractivity contribution in [1.82, 2.24) is 9.80 Å². The Kier molecular flexibility index (Phi) is 5.40. The largest absolute Gasteiger partial charge is 0.349 e. The zero-order valence-corrected chi connectivity index (χ0v) is 13.8. The predicted octanol–water partition coefficient (Wildman–Crippen LogP) is 3.24. The molecule has 0 aliphatic carbocycles. The highest BCUT2D eigenvalue weighted by molar-refractivity contribution is 6.30. The van der Waals surface area contributed by atoms with Gasteiger partial charge in [0.25, 0.3) is 0 Å². The van der Waals surface area contributed by atoms with Crippen molar-refractivity contribution < 1.29 is 4.39 Å². The first kappa shape index (κ1) is 16.8. The summed E-state index contributed by atoms with van der Waals surface area (Å²) in [7, 11) is 7.75. The fourth-order valence-electron chi connectivity index (χ4n) is 2.06. The van der Waals surface area contributed by atoms with Gasteiger partial charge >= 0.3 is 0 Å². The minimum atomic E-state index is -0.424. The predicted molar refractivity (Wildman–Crippen MR) is 84.1 cm³/mol. The van der Waals surface area contributed by atoms with Gasteiger partial charge in [-0.05, 0) is 11.6 Å². The molecule has 1 aromatic rings. The van der Waals surface area contributed by atoms with Gasteiger partial charge in [-0.2, -0.15) is 0 Å². The Hall–Kier alpha value is -1.29. The van der Waals surface area contributed by atoms with Crippen molar-refractivity contribution in [2.24, 2.45) is 4.99 Å². The highest BCUT2D eigenvalue weighted by Gasteiger charge is 2.25. The van der Waals surface area contributed by atoms with Crippen LogP contribution in [-0.4, -0.2) is 50.5 Å². The number of guanidine groups is 1. The van der Waals surface area contributed by atoms with Crippen LogP contribution in [0.1, 0.15) is 19.4 Å². The van der Waals surface area contributed by atoms with Gasteiger partial charge in [0.05, 0.1) is 11.6 Å². The van der Waals surface area contributed by atoms with E-state index in [0.29, 0.717) is 12.1 Å². The zero-order chi connectivity index (χ0) is 15.5. The fourth-order valence-corrected chi connectivity index (χ4v) is 2.24. The fraction of sp³-hybridized carbons (Fsp3) is 0.533. The first-order valence-corrected chi connectivity index (χ1v) is 6.88. The maximum absolute atomic E-state index is 14.1. The molecular formula is C15H23ClFN3. The van der Waals surface area contributed by atoms with Crippen LogP contribution >= 0.6 is 11.6 Å². The number of benzene rings is 1. The molecule has 0 radical (unpaired) electrons. The van der Waals surface area contributed by atoms with Crippen LogP contribution in [0.2, 0.25) is 5.02 Å². The van der Waals surface area contributed by atoms with Gasteiger partial charge in [0, 0.05) is 33.6 Å². The molecule has 0 aliphatic rings. The van der Waals surface area contributed by atoms with E-state index < -0.39 is 5.41 Å². The van der Waals surface area contributed by atoms with Crippen LogP contribution in [0.15, 0.2) is 23.2 Å². The Labute approximate surface area is 126 Å². The monoisotopic (exact) mass is 299 g/mol.